The summed E-state index contributed by atoms with van der Waals surface area (Å²) in [5, 5.41) is 3.02. The van der Waals surface area contributed by atoms with Crippen molar-refractivity contribution in [1.29, 1.82) is 0 Å². The second-order valence-corrected chi connectivity index (χ2v) is 9.80. The van der Waals surface area contributed by atoms with Gasteiger partial charge in [0.15, 0.2) is 0 Å². The third-order valence-electron chi connectivity index (χ3n) is 5.50. The summed E-state index contributed by atoms with van der Waals surface area (Å²) < 4.78 is 31.8. The second kappa shape index (κ2) is 9.44. The van der Waals surface area contributed by atoms with Gasteiger partial charge in [-0.25, -0.2) is 8.42 Å². The Balaban J connectivity index is 1.47. The van der Waals surface area contributed by atoms with Gasteiger partial charge in [0.05, 0.1) is 18.0 Å². The highest BCUT2D eigenvalue weighted by Gasteiger charge is 2.25. The molecule has 0 unspecified atom stereocenters. The minimum absolute atomic E-state index is 0.101. The molecule has 0 heterocycles. The first kappa shape index (κ1) is 21.9. The first-order valence-electron chi connectivity index (χ1n) is 10.6. The Bertz CT molecular complexity index is 1180. The zero-order valence-electron chi connectivity index (χ0n) is 17.9. The third-order valence-corrected chi connectivity index (χ3v) is 6.64. The quantitative estimate of drug-likeness (QED) is 0.577. The molecule has 0 saturated heterocycles. The van der Waals surface area contributed by atoms with Crippen LogP contribution in [0.2, 0.25) is 0 Å². The lowest BCUT2D eigenvalue weighted by Gasteiger charge is -2.28. The molecule has 6 nitrogen and oxygen atoms in total. The van der Waals surface area contributed by atoms with Crippen LogP contribution < -0.4 is 14.4 Å². The lowest BCUT2D eigenvalue weighted by molar-refractivity contribution is -0.120. The molecule has 166 valence electrons. The number of nitrogens with zero attached hydrogens (tertiary/aromatic N) is 1. The van der Waals surface area contributed by atoms with Crippen LogP contribution >= 0.6 is 0 Å². The lowest BCUT2D eigenvalue weighted by Crippen LogP contribution is -2.42. The number of hydrogen-bond donors (Lipinski definition) is 1. The highest BCUT2D eigenvalue weighted by molar-refractivity contribution is 7.92. The van der Waals surface area contributed by atoms with Crippen molar-refractivity contribution in [2.75, 3.05) is 17.1 Å². The van der Waals surface area contributed by atoms with Crippen molar-refractivity contribution in [2.45, 2.75) is 25.3 Å². The number of ether oxygens (including phenoxy) is 1. The predicted molar refractivity (Wildman–Crippen MR) is 125 cm³/mol. The zero-order valence-corrected chi connectivity index (χ0v) is 18.7. The fourth-order valence-corrected chi connectivity index (χ4v) is 4.84. The maximum Gasteiger partial charge on any atom is 0.241 e. The average Bonchev–Trinajstić information content (AvgIpc) is 2.78. The number of amides is 1. The van der Waals surface area contributed by atoms with Gasteiger partial charge in [0.1, 0.15) is 18.0 Å². The van der Waals surface area contributed by atoms with Crippen molar-refractivity contribution < 1.29 is 17.9 Å². The van der Waals surface area contributed by atoms with Gasteiger partial charge in [0, 0.05) is 0 Å². The molecule has 3 aromatic rings. The molecule has 1 aliphatic rings. The van der Waals surface area contributed by atoms with Gasteiger partial charge in [0.2, 0.25) is 15.9 Å². The van der Waals surface area contributed by atoms with Crippen LogP contribution in [0.15, 0.2) is 78.9 Å². The van der Waals surface area contributed by atoms with E-state index in [4.69, 9.17) is 4.74 Å². The van der Waals surface area contributed by atoms with Crippen LogP contribution in [0.5, 0.6) is 11.5 Å². The molecule has 0 saturated carbocycles. The number of nitrogens with one attached hydrogen (secondary N) is 1. The first-order valence-corrected chi connectivity index (χ1v) is 12.4. The van der Waals surface area contributed by atoms with E-state index in [1.165, 1.54) is 5.56 Å². The standard InChI is InChI=1S/C25H26N2O4S/c1-32(29,30)27(20-14-16-22(17-15-20)31-21-10-3-2-4-11-21)18-25(28)26-24-13-7-9-19-8-5-6-12-23(19)24/h2-6,8,10-12,14-17,24H,7,9,13,18H2,1H3,(H,26,28)/t24-/m0/s1. The molecule has 4 rings (SSSR count). The van der Waals surface area contributed by atoms with E-state index < -0.39 is 10.0 Å². The van der Waals surface area contributed by atoms with E-state index in [2.05, 4.69) is 11.4 Å². The van der Waals surface area contributed by atoms with E-state index in [-0.39, 0.29) is 18.5 Å². The molecule has 1 amide bonds. The molecule has 1 atom stereocenters. The van der Waals surface area contributed by atoms with Gasteiger partial charge < -0.3 is 10.1 Å². The minimum Gasteiger partial charge on any atom is -0.457 e. The lowest BCUT2D eigenvalue weighted by atomic mass is 9.88. The number of fused-ring (bicyclic) bond motifs is 1. The smallest absolute Gasteiger partial charge is 0.241 e. The van der Waals surface area contributed by atoms with Crippen LogP contribution in [0.4, 0.5) is 5.69 Å². The summed E-state index contributed by atoms with van der Waals surface area (Å²) in [4.78, 5) is 12.8. The Kier molecular flexibility index (Phi) is 6.46. The predicted octanol–water partition coefficient (Wildman–Crippen LogP) is 4.44. The van der Waals surface area contributed by atoms with E-state index in [0.29, 0.717) is 17.2 Å². The van der Waals surface area contributed by atoms with E-state index >= 15 is 0 Å². The second-order valence-electron chi connectivity index (χ2n) is 7.89. The summed E-state index contributed by atoms with van der Waals surface area (Å²) in [5.74, 6) is 0.936. The molecular weight excluding hydrogens is 424 g/mol. The van der Waals surface area contributed by atoms with Crippen molar-refractivity contribution in [3.63, 3.8) is 0 Å². The molecular formula is C25H26N2O4S. The third kappa shape index (κ3) is 5.29. The first-order chi connectivity index (χ1) is 15.4. The number of para-hydroxylation sites is 1. The molecule has 1 aliphatic carbocycles. The number of hydrogen-bond acceptors (Lipinski definition) is 4. The van der Waals surface area contributed by atoms with Crippen molar-refractivity contribution in [3.8, 4) is 11.5 Å². The zero-order chi connectivity index (χ0) is 22.6. The average molecular weight is 451 g/mol. The minimum atomic E-state index is -3.65. The topological polar surface area (TPSA) is 75.7 Å². The van der Waals surface area contributed by atoms with Crippen LogP contribution in [-0.4, -0.2) is 27.1 Å². The SMILES string of the molecule is CS(=O)(=O)N(CC(=O)N[C@H]1CCCc2ccccc21)c1ccc(Oc2ccccc2)cc1. The number of rotatable bonds is 7. The maximum atomic E-state index is 12.8. The number of aryl methyl sites for hydroxylation is 1. The normalized spacial score (nSPS) is 15.5. The molecule has 32 heavy (non-hydrogen) atoms. The number of benzene rings is 3. The molecule has 0 bridgehead atoms. The molecule has 0 radical (unpaired) electrons. The van der Waals surface area contributed by atoms with E-state index in [1.807, 2.05) is 48.5 Å². The monoisotopic (exact) mass is 450 g/mol. The molecule has 7 heteroatoms. The van der Waals surface area contributed by atoms with Crippen LogP contribution in [0, 0.1) is 0 Å². The Morgan fingerprint density at radius 2 is 1.62 bits per heavy atom. The van der Waals surface area contributed by atoms with Gasteiger partial charge in [-0.2, -0.15) is 0 Å². The number of anilines is 1. The van der Waals surface area contributed by atoms with Gasteiger partial charge >= 0.3 is 0 Å². The summed E-state index contributed by atoms with van der Waals surface area (Å²) >= 11 is 0. The van der Waals surface area contributed by atoms with E-state index in [0.717, 1.165) is 35.4 Å². The molecule has 1 N–H and O–H groups in total. The van der Waals surface area contributed by atoms with Crippen LogP contribution in [0.25, 0.3) is 0 Å². The fourth-order valence-electron chi connectivity index (χ4n) is 3.98. The molecule has 0 aliphatic heterocycles. The molecule has 0 aromatic heterocycles. The summed E-state index contributed by atoms with van der Waals surface area (Å²) in [6, 6.07) is 24.0. The maximum absolute atomic E-state index is 12.8. The van der Waals surface area contributed by atoms with Gasteiger partial charge in [-0.1, -0.05) is 42.5 Å². The van der Waals surface area contributed by atoms with Crippen LogP contribution in [0.3, 0.4) is 0 Å². The van der Waals surface area contributed by atoms with Gasteiger partial charge in [0.25, 0.3) is 0 Å². The Labute approximate surface area is 188 Å². The van der Waals surface area contributed by atoms with E-state index in [9.17, 15) is 13.2 Å². The number of carbonyl (C=O) groups is 1. The highest BCUT2D eigenvalue weighted by Crippen LogP contribution is 2.30. The van der Waals surface area contributed by atoms with Crippen molar-refractivity contribution >= 4 is 21.6 Å². The Hall–Kier alpha value is -3.32. The van der Waals surface area contributed by atoms with Gasteiger partial charge in [-0.3, -0.25) is 9.10 Å². The van der Waals surface area contributed by atoms with Crippen LogP contribution in [0.1, 0.15) is 30.0 Å². The Morgan fingerprint density at radius 3 is 2.34 bits per heavy atom. The van der Waals surface area contributed by atoms with E-state index in [1.54, 1.807) is 24.3 Å². The summed E-state index contributed by atoms with van der Waals surface area (Å²) in [7, 11) is -3.65. The summed E-state index contributed by atoms with van der Waals surface area (Å²) in [6.45, 7) is -0.281. The fraction of sp³-hybridized carbons (Fsp3) is 0.240. The van der Waals surface area contributed by atoms with Gasteiger partial charge in [-0.15, -0.1) is 0 Å². The summed E-state index contributed by atoms with van der Waals surface area (Å²) in [5.41, 5.74) is 2.76. The molecule has 0 fully saturated rings. The van der Waals surface area contributed by atoms with Crippen molar-refractivity contribution in [2.24, 2.45) is 0 Å². The molecule has 0 spiro atoms. The highest BCUT2D eigenvalue weighted by atomic mass is 32.2. The number of sulfonamides is 1. The Morgan fingerprint density at radius 1 is 0.969 bits per heavy atom. The molecule has 3 aromatic carbocycles. The van der Waals surface area contributed by atoms with Crippen LogP contribution in [-0.2, 0) is 21.2 Å². The number of carbonyl (C=O) groups excluding carboxylic acids is 1. The largest absolute Gasteiger partial charge is 0.457 e. The van der Waals surface area contributed by atoms with Crippen molar-refractivity contribution in [3.05, 3.63) is 90.0 Å². The van der Waals surface area contributed by atoms with Gasteiger partial charge in [-0.05, 0) is 66.8 Å². The summed E-state index contributed by atoms with van der Waals surface area (Å²) in [6.07, 6.45) is 3.92. The van der Waals surface area contributed by atoms with Crippen molar-refractivity contribution in [1.82, 2.24) is 5.32 Å².